The van der Waals surface area contributed by atoms with Gasteiger partial charge in [0.15, 0.2) is 12.2 Å². The van der Waals surface area contributed by atoms with E-state index in [1.54, 1.807) is 0 Å². The molecular weight excluding hydrogens is 1310 g/mol. The molecule has 100 heavy (non-hydrogen) atoms. The lowest BCUT2D eigenvalue weighted by molar-refractivity contribution is -0.161. The van der Waals surface area contributed by atoms with Gasteiger partial charge in [0, 0.05) is 25.7 Å². The van der Waals surface area contributed by atoms with Gasteiger partial charge in [0.05, 0.1) is 26.4 Å². The van der Waals surface area contributed by atoms with Crippen LogP contribution in [-0.2, 0) is 65.4 Å². The van der Waals surface area contributed by atoms with Gasteiger partial charge < -0.3 is 33.8 Å². The van der Waals surface area contributed by atoms with Gasteiger partial charge in [0.2, 0.25) is 0 Å². The fourth-order valence-corrected chi connectivity index (χ4v) is 14.1. The number of hydrogen-bond donors (Lipinski definition) is 3. The van der Waals surface area contributed by atoms with Crippen molar-refractivity contribution in [1.29, 1.82) is 0 Å². The number of aliphatic hydroxyl groups is 1. The van der Waals surface area contributed by atoms with Crippen LogP contribution in [0.25, 0.3) is 0 Å². The fourth-order valence-electron chi connectivity index (χ4n) is 12.5. The molecule has 0 heterocycles. The zero-order valence-electron chi connectivity index (χ0n) is 65.5. The van der Waals surface area contributed by atoms with Crippen molar-refractivity contribution >= 4 is 39.5 Å². The number of carbonyl (C=O) groups is 4. The largest absolute Gasteiger partial charge is 0.472 e. The number of phosphoric acid groups is 2. The van der Waals surface area contributed by atoms with E-state index >= 15 is 0 Å². The van der Waals surface area contributed by atoms with Crippen molar-refractivity contribution in [2.45, 2.75) is 445 Å². The highest BCUT2D eigenvalue weighted by Gasteiger charge is 2.30. The summed E-state index contributed by atoms with van der Waals surface area (Å²) < 4.78 is 68.6. The molecule has 0 aromatic heterocycles. The Kier molecular flexibility index (Phi) is 71.2. The second-order valence-electron chi connectivity index (χ2n) is 29.9. The van der Waals surface area contributed by atoms with Crippen molar-refractivity contribution in [2.75, 3.05) is 39.6 Å². The molecule has 0 rings (SSSR count). The first-order chi connectivity index (χ1) is 48.4. The quantitative estimate of drug-likeness (QED) is 0.0222. The maximum absolute atomic E-state index is 13.1. The topological polar surface area (TPSA) is 237 Å². The smallest absolute Gasteiger partial charge is 0.462 e. The summed E-state index contributed by atoms with van der Waals surface area (Å²) in [5.74, 6) is -0.510. The Labute approximate surface area is 613 Å². The monoisotopic (exact) mass is 1470 g/mol. The van der Waals surface area contributed by atoms with Gasteiger partial charge in [-0.3, -0.25) is 37.3 Å². The van der Waals surface area contributed by atoms with Gasteiger partial charge in [-0.1, -0.05) is 375 Å². The number of hydrogen-bond acceptors (Lipinski definition) is 15. The van der Waals surface area contributed by atoms with Crippen LogP contribution in [-0.4, -0.2) is 96.7 Å². The molecule has 0 aliphatic carbocycles. The highest BCUT2D eigenvalue weighted by molar-refractivity contribution is 7.47. The molecule has 6 atom stereocenters. The van der Waals surface area contributed by atoms with Crippen molar-refractivity contribution < 1.29 is 80.2 Å². The van der Waals surface area contributed by atoms with Crippen LogP contribution in [0.2, 0.25) is 0 Å². The summed E-state index contributed by atoms with van der Waals surface area (Å²) in [6.07, 6.45) is 62.5. The van der Waals surface area contributed by atoms with Crippen molar-refractivity contribution in [3.05, 3.63) is 0 Å². The summed E-state index contributed by atoms with van der Waals surface area (Å²) in [5, 5.41) is 10.6. The minimum Gasteiger partial charge on any atom is -0.462 e. The van der Waals surface area contributed by atoms with Crippen LogP contribution in [0.3, 0.4) is 0 Å². The van der Waals surface area contributed by atoms with Gasteiger partial charge in [-0.2, -0.15) is 0 Å². The van der Waals surface area contributed by atoms with Crippen LogP contribution in [0.4, 0.5) is 0 Å². The average molecular weight is 1470 g/mol. The molecule has 0 bridgehead atoms. The minimum atomic E-state index is -4.96. The van der Waals surface area contributed by atoms with E-state index in [0.717, 1.165) is 108 Å². The molecule has 0 saturated heterocycles. The van der Waals surface area contributed by atoms with E-state index in [4.69, 9.17) is 37.0 Å². The first-order valence-corrected chi connectivity index (χ1v) is 45.0. The van der Waals surface area contributed by atoms with Crippen LogP contribution in [0, 0.1) is 11.8 Å². The van der Waals surface area contributed by atoms with Crippen molar-refractivity contribution in [3.8, 4) is 0 Å². The SMILES string of the molecule is CCCCCCCCCCCCCCCCCCCCCCCC(=O)O[C@H](COC(=O)CCCCCCCCCCCCCCCCC(C)C)COP(=O)(O)OC[C@@H](O)COP(=O)(O)OC[C@@H](COC(=O)CCCCCCCCCC)OC(=O)CCCCCCCCCCCCC(C)CC. The Morgan fingerprint density at radius 3 is 0.760 bits per heavy atom. The molecule has 17 nitrogen and oxygen atoms in total. The molecule has 0 aromatic rings. The second-order valence-corrected chi connectivity index (χ2v) is 32.8. The van der Waals surface area contributed by atoms with Gasteiger partial charge in [0.25, 0.3) is 0 Å². The van der Waals surface area contributed by atoms with E-state index in [2.05, 4.69) is 41.5 Å². The number of unbranched alkanes of at least 4 members (excludes halogenated alkanes) is 49. The van der Waals surface area contributed by atoms with E-state index in [1.165, 1.54) is 238 Å². The van der Waals surface area contributed by atoms with E-state index in [9.17, 15) is 43.2 Å². The maximum Gasteiger partial charge on any atom is 0.472 e. The summed E-state index contributed by atoms with van der Waals surface area (Å²) in [6.45, 7) is 9.65. The first-order valence-electron chi connectivity index (χ1n) is 42.0. The third-order valence-electron chi connectivity index (χ3n) is 19.3. The molecule has 0 fully saturated rings. The standard InChI is InChI=1S/C81H158O17P2/c1-7-10-12-14-16-18-19-20-21-22-23-24-25-26-27-32-35-41-47-53-59-65-80(85)98-77(70-92-79(84)64-58-52-46-40-34-31-29-28-30-33-38-43-49-55-61-73(4)5)72-96-100(89,90)94-68-75(82)67-93-99(87,88)95-71-76(69-91-78(83)63-57-51-45-17-15-13-11-8-2)97-81(86)66-60-54-48-42-37-36-39-44-50-56-62-74(6)9-3/h73-77,82H,7-72H2,1-6H3,(H,87,88)(H,89,90)/t74?,75-,76+,77+/m0/s1. The van der Waals surface area contributed by atoms with Crippen LogP contribution in [0.5, 0.6) is 0 Å². The number of rotatable bonds is 80. The van der Waals surface area contributed by atoms with Crippen LogP contribution in [0.1, 0.15) is 427 Å². The number of esters is 4. The molecule has 3 N–H and O–H groups in total. The lowest BCUT2D eigenvalue weighted by Gasteiger charge is -2.21. The molecule has 0 spiro atoms. The van der Waals surface area contributed by atoms with Gasteiger partial charge in [-0.15, -0.1) is 0 Å². The number of carbonyl (C=O) groups excluding carboxylic acids is 4. The van der Waals surface area contributed by atoms with Crippen molar-refractivity contribution in [1.82, 2.24) is 0 Å². The second kappa shape index (κ2) is 72.6. The first kappa shape index (κ1) is 98.1. The average Bonchev–Trinajstić information content (AvgIpc) is 0.940. The predicted octanol–water partition coefficient (Wildman–Crippen LogP) is 24.3. The maximum atomic E-state index is 13.1. The molecule has 0 aliphatic rings. The molecule has 0 aromatic carbocycles. The lowest BCUT2D eigenvalue weighted by atomic mass is 9.99. The predicted molar refractivity (Wildman–Crippen MR) is 409 cm³/mol. The number of ether oxygens (including phenoxy) is 4. The minimum absolute atomic E-state index is 0.106. The summed E-state index contributed by atoms with van der Waals surface area (Å²) in [6, 6.07) is 0. The Morgan fingerprint density at radius 2 is 0.510 bits per heavy atom. The Balaban J connectivity index is 5.20. The van der Waals surface area contributed by atoms with E-state index in [-0.39, 0.29) is 25.7 Å². The van der Waals surface area contributed by atoms with Gasteiger partial charge in [-0.05, 0) is 37.5 Å². The molecule has 0 radical (unpaired) electrons. The van der Waals surface area contributed by atoms with Crippen molar-refractivity contribution in [2.24, 2.45) is 11.8 Å². The molecule has 0 aliphatic heterocycles. The van der Waals surface area contributed by atoms with Crippen LogP contribution in [0.15, 0.2) is 0 Å². The molecule has 0 saturated carbocycles. The third kappa shape index (κ3) is 73.0. The Bertz CT molecular complexity index is 1930. The molecule has 0 amide bonds. The summed E-state index contributed by atoms with van der Waals surface area (Å²) in [7, 11) is -9.92. The van der Waals surface area contributed by atoms with E-state index < -0.39 is 97.5 Å². The molecule has 19 heteroatoms. The van der Waals surface area contributed by atoms with Crippen molar-refractivity contribution in [3.63, 3.8) is 0 Å². The number of aliphatic hydroxyl groups excluding tert-OH is 1. The van der Waals surface area contributed by atoms with Crippen LogP contribution < -0.4 is 0 Å². The third-order valence-corrected chi connectivity index (χ3v) is 21.2. The zero-order chi connectivity index (χ0) is 73.5. The summed E-state index contributed by atoms with van der Waals surface area (Å²) in [5.41, 5.74) is 0. The van der Waals surface area contributed by atoms with Gasteiger partial charge in [0.1, 0.15) is 19.3 Å². The van der Waals surface area contributed by atoms with Gasteiger partial charge >= 0.3 is 39.5 Å². The van der Waals surface area contributed by atoms with Crippen LogP contribution >= 0.6 is 15.6 Å². The summed E-state index contributed by atoms with van der Waals surface area (Å²) >= 11 is 0. The molecule has 3 unspecified atom stereocenters. The highest BCUT2D eigenvalue weighted by atomic mass is 31.2. The Hall–Kier alpha value is -1.94. The molecular formula is C81H158O17P2. The van der Waals surface area contributed by atoms with E-state index in [1.807, 2.05) is 0 Å². The zero-order valence-corrected chi connectivity index (χ0v) is 67.3. The van der Waals surface area contributed by atoms with E-state index in [0.29, 0.717) is 25.7 Å². The Morgan fingerprint density at radius 1 is 0.290 bits per heavy atom. The van der Waals surface area contributed by atoms with Gasteiger partial charge in [-0.25, -0.2) is 9.13 Å². The lowest BCUT2D eigenvalue weighted by Crippen LogP contribution is -2.30. The number of phosphoric ester groups is 2. The summed E-state index contributed by atoms with van der Waals surface area (Å²) in [4.78, 5) is 72.9. The normalized spacial score (nSPS) is 14.2. The molecule has 594 valence electrons. The fraction of sp³-hybridized carbons (Fsp3) is 0.951. The highest BCUT2D eigenvalue weighted by Crippen LogP contribution is 2.45.